The minimum absolute atomic E-state index is 0.263. The van der Waals surface area contributed by atoms with E-state index < -0.39 is 0 Å². The Kier molecular flexibility index (Phi) is 6.75. The second kappa shape index (κ2) is 9.66. The molecule has 1 heterocycles. The summed E-state index contributed by atoms with van der Waals surface area (Å²) in [7, 11) is 3.15. The summed E-state index contributed by atoms with van der Waals surface area (Å²) >= 11 is 1.39. The third-order valence-corrected chi connectivity index (χ3v) is 4.90. The zero-order chi connectivity index (χ0) is 19.8. The summed E-state index contributed by atoms with van der Waals surface area (Å²) in [6.07, 6.45) is 4.84. The van der Waals surface area contributed by atoms with Gasteiger partial charge in [-0.2, -0.15) is 0 Å². The fraction of sp³-hybridized carbons (Fsp3) is 0.190. The van der Waals surface area contributed by atoms with E-state index in [0.717, 1.165) is 23.4 Å². The van der Waals surface area contributed by atoms with Crippen LogP contribution in [0.1, 0.15) is 16.1 Å². The van der Waals surface area contributed by atoms with Gasteiger partial charge < -0.3 is 9.47 Å². The van der Waals surface area contributed by atoms with Gasteiger partial charge in [-0.05, 0) is 35.8 Å². The summed E-state index contributed by atoms with van der Waals surface area (Å²) in [5, 5.41) is 12.3. The van der Waals surface area contributed by atoms with Crippen molar-refractivity contribution >= 4 is 28.5 Å². The van der Waals surface area contributed by atoms with Gasteiger partial charge in [0.2, 0.25) is 11.0 Å². The smallest absolute Gasteiger partial charge is 0.250 e. The standard InChI is InChI=1S/C21H21N3O3S/c1-26-17-11-8-16(14-18(17)27-2)9-12-19(25)22-21-24-23-20(28-21)13-10-15-6-4-3-5-7-15/h3-9,11-12,14H,10,13H2,1-2H3,(H,22,24,25)/b12-9+. The van der Waals surface area contributed by atoms with E-state index in [1.807, 2.05) is 24.3 Å². The van der Waals surface area contributed by atoms with Gasteiger partial charge in [-0.3, -0.25) is 10.1 Å². The van der Waals surface area contributed by atoms with Crippen molar-refractivity contribution in [2.24, 2.45) is 0 Å². The van der Waals surface area contributed by atoms with E-state index >= 15 is 0 Å². The second-order valence-electron chi connectivity index (χ2n) is 5.92. The molecule has 0 unspecified atom stereocenters. The molecule has 3 aromatic rings. The highest BCUT2D eigenvalue weighted by Gasteiger charge is 2.07. The van der Waals surface area contributed by atoms with E-state index in [4.69, 9.17) is 9.47 Å². The Bertz CT molecular complexity index is 955. The Hall–Kier alpha value is -3.19. The number of amides is 1. The first-order chi connectivity index (χ1) is 13.7. The number of methoxy groups -OCH3 is 2. The van der Waals surface area contributed by atoms with Gasteiger partial charge in [0.05, 0.1) is 14.2 Å². The fourth-order valence-corrected chi connectivity index (χ4v) is 3.32. The number of hydrogen-bond donors (Lipinski definition) is 1. The van der Waals surface area contributed by atoms with Crippen molar-refractivity contribution in [2.75, 3.05) is 19.5 Å². The number of nitrogens with one attached hydrogen (secondary N) is 1. The van der Waals surface area contributed by atoms with Crippen LogP contribution in [0, 0.1) is 0 Å². The Morgan fingerprint density at radius 3 is 2.57 bits per heavy atom. The molecule has 0 aliphatic heterocycles. The number of ether oxygens (including phenoxy) is 2. The van der Waals surface area contributed by atoms with Crippen molar-refractivity contribution in [3.63, 3.8) is 0 Å². The predicted octanol–water partition coefficient (Wildman–Crippen LogP) is 3.99. The van der Waals surface area contributed by atoms with Gasteiger partial charge >= 0.3 is 0 Å². The fourth-order valence-electron chi connectivity index (χ4n) is 2.58. The molecule has 0 atom stereocenters. The molecule has 144 valence electrons. The molecule has 7 heteroatoms. The molecule has 28 heavy (non-hydrogen) atoms. The Morgan fingerprint density at radius 2 is 1.82 bits per heavy atom. The van der Waals surface area contributed by atoms with Gasteiger partial charge in [-0.25, -0.2) is 0 Å². The normalized spacial score (nSPS) is 10.8. The Morgan fingerprint density at radius 1 is 1.04 bits per heavy atom. The molecule has 1 aromatic heterocycles. The largest absolute Gasteiger partial charge is 0.493 e. The number of carbonyl (C=O) groups excluding carboxylic acids is 1. The van der Waals surface area contributed by atoms with Gasteiger partial charge in [0, 0.05) is 12.5 Å². The number of aryl methyl sites for hydroxylation is 2. The SMILES string of the molecule is COc1ccc(/C=C/C(=O)Nc2nnc(CCc3ccccc3)s2)cc1OC. The predicted molar refractivity (Wildman–Crippen MR) is 111 cm³/mol. The van der Waals surface area contributed by atoms with Crippen molar-refractivity contribution in [2.45, 2.75) is 12.8 Å². The number of hydrogen-bond acceptors (Lipinski definition) is 6. The van der Waals surface area contributed by atoms with Gasteiger partial charge in [-0.1, -0.05) is 47.7 Å². The molecule has 6 nitrogen and oxygen atoms in total. The quantitative estimate of drug-likeness (QED) is 0.584. The summed E-state index contributed by atoms with van der Waals surface area (Å²) in [4.78, 5) is 12.1. The zero-order valence-electron chi connectivity index (χ0n) is 15.7. The molecule has 0 spiro atoms. The van der Waals surface area contributed by atoms with Gasteiger partial charge in [0.1, 0.15) is 5.01 Å². The van der Waals surface area contributed by atoms with Gasteiger partial charge in [-0.15, -0.1) is 10.2 Å². The molecule has 0 saturated heterocycles. The number of carbonyl (C=O) groups is 1. The van der Waals surface area contributed by atoms with Crippen molar-refractivity contribution in [1.82, 2.24) is 10.2 Å². The molecule has 0 bridgehead atoms. The van der Waals surface area contributed by atoms with E-state index in [-0.39, 0.29) is 5.91 Å². The van der Waals surface area contributed by atoms with E-state index in [2.05, 4.69) is 27.6 Å². The molecule has 2 aromatic carbocycles. The maximum Gasteiger partial charge on any atom is 0.250 e. The average Bonchev–Trinajstić information content (AvgIpc) is 3.18. The van der Waals surface area contributed by atoms with Crippen LogP contribution in [-0.4, -0.2) is 30.3 Å². The highest BCUT2D eigenvalue weighted by atomic mass is 32.1. The highest BCUT2D eigenvalue weighted by molar-refractivity contribution is 7.15. The van der Waals surface area contributed by atoms with E-state index in [1.165, 1.54) is 23.0 Å². The Labute approximate surface area is 167 Å². The summed E-state index contributed by atoms with van der Waals surface area (Å²) < 4.78 is 10.5. The minimum Gasteiger partial charge on any atom is -0.493 e. The summed E-state index contributed by atoms with van der Waals surface area (Å²) in [5.41, 5.74) is 2.08. The highest BCUT2D eigenvalue weighted by Crippen LogP contribution is 2.28. The third kappa shape index (κ3) is 5.40. The summed E-state index contributed by atoms with van der Waals surface area (Å²) in [6.45, 7) is 0. The van der Waals surface area contributed by atoms with Gasteiger partial charge in [0.15, 0.2) is 11.5 Å². The lowest BCUT2D eigenvalue weighted by atomic mass is 10.1. The number of aromatic nitrogens is 2. The average molecular weight is 395 g/mol. The van der Waals surface area contributed by atoms with Crippen molar-refractivity contribution < 1.29 is 14.3 Å². The summed E-state index contributed by atoms with van der Waals surface area (Å²) in [6, 6.07) is 15.6. The third-order valence-electron chi connectivity index (χ3n) is 4.00. The van der Waals surface area contributed by atoms with Crippen LogP contribution in [0.5, 0.6) is 11.5 Å². The van der Waals surface area contributed by atoms with Crippen molar-refractivity contribution in [3.8, 4) is 11.5 Å². The lowest BCUT2D eigenvalue weighted by Gasteiger charge is -2.07. The number of benzene rings is 2. The van der Waals surface area contributed by atoms with Crippen LogP contribution in [0.2, 0.25) is 0 Å². The molecule has 0 aliphatic rings. The first-order valence-electron chi connectivity index (χ1n) is 8.75. The van der Waals surface area contributed by atoms with E-state index in [1.54, 1.807) is 32.4 Å². The van der Waals surface area contributed by atoms with Crippen LogP contribution in [0.25, 0.3) is 6.08 Å². The molecular weight excluding hydrogens is 374 g/mol. The second-order valence-corrected chi connectivity index (χ2v) is 6.99. The Balaban J connectivity index is 1.55. The number of nitrogens with zero attached hydrogens (tertiary/aromatic N) is 2. The molecule has 0 fully saturated rings. The lowest BCUT2D eigenvalue weighted by molar-refractivity contribution is -0.111. The number of anilines is 1. The van der Waals surface area contributed by atoms with Crippen LogP contribution in [0.4, 0.5) is 5.13 Å². The van der Waals surface area contributed by atoms with Crippen molar-refractivity contribution in [1.29, 1.82) is 0 Å². The van der Waals surface area contributed by atoms with E-state index in [0.29, 0.717) is 16.6 Å². The van der Waals surface area contributed by atoms with Crippen LogP contribution in [0.3, 0.4) is 0 Å². The molecule has 0 aliphatic carbocycles. The maximum atomic E-state index is 12.1. The van der Waals surface area contributed by atoms with Crippen LogP contribution in [-0.2, 0) is 17.6 Å². The molecule has 0 radical (unpaired) electrons. The zero-order valence-corrected chi connectivity index (χ0v) is 16.5. The van der Waals surface area contributed by atoms with Crippen molar-refractivity contribution in [3.05, 3.63) is 70.7 Å². The first kappa shape index (κ1) is 19.6. The van der Waals surface area contributed by atoms with Crippen LogP contribution < -0.4 is 14.8 Å². The number of rotatable bonds is 8. The maximum absolute atomic E-state index is 12.1. The molecule has 3 rings (SSSR count). The molecule has 1 N–H and O–H groups in total. The summed E-state index contributed by atoms with van der Waals surface area (Å²) in [5.74, 6) is 0.985. The first-order valence-corrected chi connectivity index (χ1v) is 9.57. The molecule has 1 amide bonds. The van der Waals surface area contributed by atoms with E-state index in [9.17, 15) is 4.79 Å². The molecule has 0 saturated carbocycles. The monoisotopic (exact) mass is 395 g/mol. The molecular formula is C21H21N3O3S. The topological polar surface area (TPSA) is 73.3 Å². The minimum atomic E-state index is -0.263. The van der Waals surface area contributed by atoms with Crippen LogP contribution >= 0.6 is 11.3 Å². The van der Waals surface area contributed by atoms with Gasteiger partial charge in [0.25, 0.3) is 0 Å². The van der Waals surface area contributed by atoms with Crippen LogP contribution in [0.15, 0.2) is 54.6 Å². The lowest BCUT2D eigenvalue weighted by Crippen LogP contribution is -2.07.